The molecule has 0 radical (unpaired) electrons. The molecule has 0 aliphatic carbocycles. The first-order valence-corrected chi connectivity index (χ1v) is 4.33. The number of aliphatic hydroxyl groups excluding tert-OH is 2. The van der Waals surface area contributed by atoms with Crippen molar-refractivity contribution in [3.05, 3.63) is 35.9 Å². The molecule has 0 aromatic heterocycles. The van der Waals surface area contributed by atoms with Gasteiger partial charge in [-0.05, 0) is 12.0 Å². The molecule has 0 aliphatic heterocycles. The number of rotatable bonds is 4. The molecule has 1 aromatic carbocycles. The minimum Gasteiger partial charge on any atom is -0.394 e. The van der Waals surface area contributed by atoms with E-state index in [1.807, 2.05) is 30.3 Å². The van der Waals surface area contributed by atoms with Gasteiger partial charge in [0.1, 0.15) is 0 Å². The average molecular weight is 181 g/mol. The molecule has 72 valence electrons. The molecule has 2 atom stereocenters. The fourth-order valence-electron chi connectivity index (χ4n) is 1.20. The molecule has 0 heterocycles. The zero-order valence-corrected chi connectivity index (χ0v) is 7.43. The SMILES string of the molecule is N[C@H](C[C@@H](O)CO)c1ccccc1. The Balaban J connectivity index is 2.53. The van der Waals surface area contributed by atoms with Gasteiger partial charge in [-0.1, -0.05) is 30.3 Å². The summed E-state index contributed by atoms with van der Waals surface area (Å²) in [6.45, 7) is -0.236. The van der Waals surface area contributed by atoms with Crippen molar-refractivity contribution in [1.82, 2.24) is 0 Å². The lowest BCUT2D eigenvalue weighted by Gasteiger charge is -2.14. The first-order chi connectivity index (χ1) is 6.24. The van der Waals surface area contributed by atoms with E-state index in [0.717, 1.165) is 5.56 Å². The zero-order chi connectivity index (χ0) is 9.68. The highest BCUT2D eigenvalue weighted by atomic mass is 16.3. The summed E-state index contributed by atoms with van der Waals surface area (Å²) in [6.07, 6.45) is -0.337. The maximum absolute atomic E-state index is 9.16. The Morgan fingerprint density at radius 1 is 1.23 bits per heavy atom. The van der Waals surface area contributed by atoms with Gasteiger partial charge in [-0.25, -0.2) is 0 Å². The maximum Gasteiger partial charge on any atom is 0.0789 e. The fraction of sp³-hybridized carbons (Fsp3) is 0.400. The van der Waals surface area contributed by atoms with Crippen molar-refractivity contribution in [3.8, 4) is 0 Å². The number of hydrogen-bond acceptors (Lipinski definition) is 3. The lowest BCUT2D eigenvalue weighted by Crippen LogP contribution is -2.21. The van der Waals surface area contributed by atoms with Gasteiger partial charge in [0, 0.05) is 6.04 Å². The lowest BCUT2D eigenvalue weighted by molar-refractivity contribution is 0.0826. The van der Waals surface area contributed by atoms with Gasteiger partial charge in [0.2, 0.25) is 0 Å². The van der Waals surface area contributed by atoms with Crippen molar-refractivity contribution < 1.29 is 10.2 Å². The smallest absolute Gasteiger partial charge is 0.0789 e. The van der Waals surface area contributed by atoms with Crippen LogP contribution in [-0.4, -0.2) is 22.9 Å². The van der Waals surface area contributed by atoms with Crippen molar-refractivity contribution in [2.24, 2.45) is 5.73 Å². The van der Waals surface area contributed by atoms with Gasteiger partial charge in [0.05, 0.1) is 12.7 Å². The minimum absolute atomic E-state index is 0.205. The van der Waals surface area contributed by atoms with E-state index < -0.39 is 6.10 Å². The third kappa shape index (κ3) is 3.14. The summed E-state index contributed by atoms with van der Waals surface area (Å²) in [6, 6.07) is 9.34. The van der Waals surface area contributed by atoms with E-state index in [9.17, 15) is 0 Å². The van der Waals surface area contributed by atoms with Crippen LogP contribution in [0.1, 0.15) is 18.0 Å². The van der Waals surface area contributed by atoms with Crippen LogP contribution >= 0.6 is 0 Å². The predicted molar refractivity (Wildman–Crippen MR) is 51.1 cm³/mol. The van der Waals surface area contributed by atoms with E-state index >= 15 is 0 Å². The van der Waals surface area contributed by atoms with Crippen LogP contribution in [0.4, 0.5) is 0 Å². The topological polar surface area (TPSA) is 66.5 Å². The molecule has 0 fully saturated rings. The Kier molecular flexibility index (Phi) is 3.89. The molecule has 13 heavy (non-hydrogen) atoms. The van der Waals surface area contributed by atoms with Crippen LogP contribution in [0.2, 0.25) is 0 Å². The van der Waals surface area contributed by atoms with Crippen LogP contribution in [0.25, 0.3) is 0 Å². The maximum atomic E-state index is 9.16. The van der Waals surface area contributed by atoms with E-state index in [4.69, 9.17) is 15.9 Å². The van der Waals surface area contributed by atoms with Gasteiger partial charge in [-0.15, -0.1) is 0 Å². The quantitative estimate of drug-likeness (QED) is 0.631. The van der Waals surface area contributed by atoms with Crippen LogP contribution in [0.5, 0.6) is 0 Å². The largest absolute Gasteiger partial charge is 0.394 e. The molecule has 0 unspecified atom stereocenters. The molecule has 0 spiro atoms. The Hall–Kier alpha value is -0.900. The molecular weight excluding hydrogens is 166 g/mol. The second-order valence-electron chi connectivity index (χ2n) is 3.09. The summed E-state index contributed by atoms with van der Waals surface area (Å²) in [7, 11) is 0. The van der Waals surface area contributed by atoms with E-state index in [1.54, 1.807) is 0 Å². The number of benzene rings is 1. The van der Waals surface area contributed by atoms with E-state index in [1.165, 1.54) is 0 Å². The highest BCUT2D eigenvalue weighted by Crippen LogP contribution is 2.14. The fourth-order valence-corrected chi connectivity index (χ4v) is 1.20. The Labute approximate surface area is 77.8 Å². The summed E-state index contributed by atoms with van der Waals surface area (Å²) in [5, 5.41) is 17.8. The molecule has 0 amide bonds. The van der Waals surface area contributed by atoms with Crippen molar-refractivity contribution in [2.75, 3.05) is 6.61 Å². The van der Waals surface area contributed by atoms with Crippen LogP contribution in [-0.2, 0) is 0 Å². The van der Waals surface area contributed by atoms with Crippen molar-refractivity contribution in [2.45, 2.75) is 18.6 Å². The van der Waals surface area contributed by atoms with E-state index in [2.05, 4.69) is 0 Å². The molecule has 1 rings (SSSR count). The van der Waals surface area contributed by atoms with Crippen molar-refractivity contribution in [1.29, 1.82) is 0 Å². The monoisotopic (exact) mass is 181 g/mol. The van der Waals surface area contributed by atoms with Gasteiger partial charge in [0.25, 0.3) is 0 Å². The third-order valence-electron chi connectivity index (χ3n) is 1.96. The zero-order valence-electron chi connectivity index (χ0n) is 7.43. The van der Waals surface area contributed by atoms with Gasteiger partial charge in [-0.2, -0.15) is 0 Å². The first-order valence-electron chi connectivity index (χ1n) is 4.33. The number of hydrogen-bond donors (Lipinski definition) is 3. The van der Waals surface area contributed by atoms with Crippen LogP contribution < -0.4 is 5.73 Å². The van der Waals surface area contributed by atoms with Crippen LogP contribution in [0.3, 0.4) is 0 Å². The Bertz CT molecular complexity index is 238. The highest BCUT2D eigenvalue weighted by Gasteiger charge is 2.10. The number of nitrogens with two attached hydrogens (primary N) is 1. The summed E-state index contributed by atoms with van der Waals surface area (Å²) in [4.78, 5) is 0. The summed E-state index contributed by atoms with van der Waals surface area (Å²) < 4.78 is 0. The molecular formula is C10H15NO2. The predicted octanol–water partition coefficient (Wildman–Crippen LogP) is 0.430. The standard InChI is InChI=1S/C10H15NO2/c11-10(6-9(13)7-12)8-4-2-1-3-5-8/h1-5,9-10,12-13H,6-7,11H2/t9-,10-/m1/s1. The van der Waals surface area contributed by atoms with Gasteiger partial charge < -0.3 is 15.9 Å². The normalized spacial score (nSPS) is 15.3. The van der Waals surface area contributed by atoms with Gasteiger partial charge >= 0.3 is 0 Å². The van der Waals surface area contributed by atoms with Crippen molar-refractivity contribution in [3.63, 3.8) is 0 Å². The molecule has 0 aliphatic rings. The second kappa shape index (κ2) is 4.97. The summed E-state index contributed by atoms with van der Waals surface area (Å²) >= 11 is 0. The third-order valence-corrected chi connectivity index (χ3v) is 1.96. The Morgan fingerprint density at radius 2 is 1.85 bits per heavy atom. The lowest BCUT2D eigenvalue weighted by atomic mass is 10.0. The van der Waals surface area contributed by atoms with Crippen LogP contribution in [0, 0.1) is 0 Å². The van der Waals surface area contributed by atoms with Crippen LogP contribution in [0.15, 0.2) is 30.3 Å². The molecule has 0 saturated carbocycles. The van der Waals surface area contributed by atoms with Crippen molar-refractivity contribution >= 4 is 0 Å². The number of aliphatic hydroxyl groups is 2. The summed E-state index contributed by atoms with van der Waals surface area (Å²) in [5.74, 6) is 0. The minimum atomic E-state index is -0.727. The first kappa shape index (κ1) is 10.2. The summed E-state index contributed by atoms with van der Waals surface area (Å²) in [5.41, 5.74) is 6.78. The van der Waals surface area contributed by atoms with Gasteiger partial charge in [0.15, 0.2) is 0 Å². The van der Waals surface area contributed by atoms with Gasteiger partial charge in [-0.3, -0.25) is 0 Å². The molecule has 1 aromatic rings. The molecule has 3 nitrogen and oxygen atoms in total. The highest BCUT2D eigenvalue weighted by molar-refractivity contribution is 5.18. The van der Waals surface area contributed by atoms with E-state index in [0.29, 0.717) is 6.42 Å². The van der Waals surface area contributed by atoms with E-state index in [-0.39, 0.29) is 12.6 Å². The average Bonchev–Trinajstić information content (AvgIpc) is 2.19. The second-order valence-corrected chi connectivity index (χ2v) is 3.09. The Morgan fingerprint density at radius 3 is 2.38 bits per heavy atom. The molecule has 0 bridgehead atoms. The molecule has 3 heteroatoms. The molecule has 0 saturated heterocycles. The molecule has 4 N–H and O–H groups in total.